The van der Waals surface area contributed by atoms with Crippen LogP contribution in [0.1, 0.15) is 18.4 Å². The highest BCUT2D eigenvalue weighted by molar-refractivity contribution is 9.10. The Bertz CT molecular complexity index is 875. The number of ether oxygens (including phenoxy) is 1. The largest absolute Gasteiger partial charge is 0.383 e. The molecule has 1 N–H and O–H groups in total. The summed E-state index contributed by atoms with van der Waals surface area (Å²) in [5, 5.41) is 2.97. The number of halogens is 1. The van der Waals surface area contributed by atoms with Crippen LogP contribution in [0.5, 0.6) is 0 Å². The number of hydrogen-bond acceptors (Lipinski definition) is 5. The van der Waals surface area contributed by atoms with Gasteiger partial charge in [-0.15, -0.1) is 0 Å². The van der Waals surface area contributed by atoms with E-state index in [1.54, 1.807) is 7.11 Å². The van der Waals surface area contributed by atoms with Gasteiger partial charge in [-0.05, 0) is 37.6 Å². The lowest BCUT2D eigenvalue weighted by molar-refractivity contribution is -0.146. The van der Waals surface area contributed by atoms with Crippen molar-refractivity contribution in [2.75, 3.05) is 32.1 Å². The van der Waals surface area contributed by atoms with Gasteiger partial charge in [0.2, 0.25) is 17.7 Å². The van der Waals surface area contributed by atoms with Crippen LogP contribution in [-0.4, -0.2) is 60.4 Å². The summed E-state index contributed by atoms with van der Waals surface area (Å²) in [4.78, 5) is 43.3. The molecule has 1 spiro atoms. The van der Waals surface area contributed by atoms with E-state index in [4.69, 9.17) is 4.74 Å². The zero-order valence-electron chi connectivity index (χ0n) is 14.9. The molecule has 3 saturated heterocycles. The van der Waals surface area contributed by atoms with E-state index in [2.05, 4.69) is 26.1 Å². The van der Waals surface area contributed by atoms with Crippen molar-refractivity contribution in [1.82, 2.24) is 9.80 Å². The number of imide groups is 1. The number of rotatable bonds is 3. The predicted molar refractivity (Wildman–Crippen MR) is 99.8 cm³/mol. The minimum absolute atomic E-state index is 0.0744. The smallest absolute Gasteiger partial charge is 0.250 e. The second-order valence-corrected chi connectivity index (χ2v) is 8.55. The molecule has 4 aliphatic heterocycles. The standard InChI is InChI=1S/C19H20BrN3O4/c1-27-8-7-22-16(24)14-13-3-2-6-23(13)19(15(14)17(22)25)11-9-10(20)4-5-12(11)21-18(19)26/h4-5,9,13-15H,2-3,6-8H2,1H3,(H,21,26)/t13-,14+,15+,19+/m0/s1. The van der Waals surface area contributed by atoms with Gasteiger partial charge in [-0.3, -0.25) is 24.2 Å². The highest BCUT2D eigenvalue weighted by Gasteiger charge is 2.74. The van der Waals surface area contributed by atoms with Gasteiger partial charge in [0.25, 0.3) is 0 Å². The van der Waals surface area contributed by atoms with Gasteiger partial charge in [0.1, 0.15) is 5.54 Å². The molecule has 0 saturated carbocycles. The summed E-state index contributed by atoms with van der Waals surface area (Å²) in [7, 11) is 1.55. The molecule has 0 bridgehead atoms. The number of anilines is 1. The lowest BCUT2D eigenvalue weighted by Crippen LogP contribution is -2.54. The zero-order valence-corrected chi connectivity index (χ0v) is 16.5. The SMILES string of the molecule is COCCN1C(=O)[C@@H]2[C@@H]3CCCN3[C@@]3(C(=O)Nc4ccc(Br)cc43)[C@H]2C1=O. The molecule has 5 rings (SSSR count). The number of hydrogen-bond donors (Lipinski definition) is 1. The topological polar surface area (TPSA) is 79.0 Å². The van der Waals surface area contributed by atoms with Gasteiger partial charge in [-0.2, -0.15) is 0 Å². The molecule has 7 nitrogen and oxygen atoms in total. The first-order chi connectivity index (χ1) is 13.0. The van der Waals surface area contributed by atoms with Gasteiger partial charge in [-0.25, -0.2) is 0 Å². The van der Waals surface area contributed by atoms with Crippen LogP contribution in [0.15, 0.2) is 22.7 Å². The Balaban J connectivity index is 1.69. The minimum atomic E-state index is -1.10. The number of carbonyl (C=O) groups excluding carboxylic acids is 3. The van der Waals surface area contributed by atoms with Gasteiger partial charge < -0.3 is 10.1 Å². The summed E-state index contributed by atoms with van der Waals surface area (Å²) in [6, 6.07) is 5.57. The molecule has 1 aromatic carbocycles. The normalized spacial score (nSPS) is 34.4. The fourth-order valence-corrected chi connectivity index (χ4v) is 6.00. The average Bonchev–Trinajstić information content (AvgIpc) is 3.33. The Morgan fingerprint density at radius 1 is 1.30 bits per heavy atom. The van der Waals surface area contributed by atoms with E-state index in [9.17, 15) is 14.4 Å². The second kappa shape index (κ2) is 5.86. The molecule has 0 unspecified atom stereocenters. The number of nitrogens with zero attached hydrogens (tertiary/aromatic N) is 2. The summed E-state index contributed by atoms with van der Waals surface area (Å²) in [6.45, 7) is 1.25. The Morgan fingerprint density at radius 3 is 2.89 bits per heavy atom. The van der Waals surface area contributed by atoms with E-state index < -0.39 is 17.4 Å². The van der Waals surface area contributed by atoms with Crippen molar-refractivity contribution in [3.05, 3.63) is 28.2 Å². The first-order valence-electron chi connectivity index (χ1n) is 9.24. The van der Waals surface area contributed by atoms with Crippen LogP contribution in [0, 0.1) is 11.8 Å². The van der Waals surface area contributed by atoms with Gasteiger partial charge in [0, 0.05) is 28.9 Å². The Labute approximate surface area is 165 Å². The summed E-state index contributed by atoms with van der Waals surface area (Å²) in [5.41, 5.74) is 0.431. The maximum atomic E-state index is 13.4. The van der Waals surface area contributed by atoms with Crippen LogP contribution in [0.2, 0.25) is 0 Å². The van der Waals surface area contributed by atoms with Crippen molar-refractivity contribution >= 4 is 39.3 Å². The monoisotopic (exact) mass is 433 g/mol. The van der Waals surface area contributed by atoms with Crippen molar-refractivity contribution in [2.24, 2.45) is 11.8 Å². The van der Waals surface area contributed by atoms with Gasteiger partial charge in [-0.1, -0.05) is 15.9 Å². The quantitative estimate of drug-likeness (QED) is 0.727. The number of likely N-dealkylation sites (tertiary alicyclic amines) is 1. The highest BCUT2D eigenvalue weighted by Crippen LogP contribution is 2.60. The fraction of sp³-hybridized carbons (Fsp3) is 0.526. The lowest BCUT2D eigenvalue weighted by Gasteiger charge is -2.36. The van der Waals surface area contributed by atoms with E-state index in [0.29, 0.717) is 6.61 Å². The van der Waals surface area contributed by atoms with E-state index in [1.165, 1.54) is 4.90 Å². The van der Waals surface area contributed by atoms with E-state index in [0.717, 1.165) is 35.1 Å². The fourth-order valence-electron chi connectivity index (χ4n) is 5.64. The molecule has 3 amide bonds. The molecule has 8 heteroatoms. The van der Waals surface area contributed by atoms with Crippen molar-refractivity contribution in [1.29, 1.82) is 0 Å². The van der Waals surface area contributed by atoms with Crippen LogP contribution < -0.4 is 5.32 Å². The third-order valence-electron chi connectivity index (χ3n) is 6.56. The molecule has 27 heavy (non-hydrogen) atoms. The molecule has 4 atom stereocenters. The molecule has 0 aromatic heterocycles. The molecule has 0 aliphatic carbocycles. The van der Waals surface area contributed by atoms with Gasteiger partial charge >= 0.3 is 0 Å². The molecule has 3 fully saturated rings. The van der Waals surface area contributed by atoms with Crippen LogP contribution in [0.25, 0.3) is 0 Å². The first-order valence-corrected chi connectivity index (χ1v) is 10.0. The summed E-state index contributed by atoms with van der Waals surface area (Å²) in [6.07, 6.45) is 1.75. The van der Waals surface area contributed by atoms with Crippen LogP contribution in [0.4, 0.5) is 5.69 Å². The minimum Gasteiger partial charge on any atom is -0.383 e. The second-order valence-electron chi connectivity index (χ2n) is 7.64. The van der Waals surface area contributed by atoms with Crippen molar-refractivity contribution < 1.29 is 19.1 Å². The highest BCUT2D eigenvalue weighted by atomic mass is 79.9. The summed E-state index contributed by atoms with van der Waals surface area (Å²) in [5.74, 6) is -1.74. The number of benzene rings is 1. The van der Waals surface area contributed by atoms with Crippen molar-refractivity contribution in [2.45, 2.75) is 24.4 Å². The van der Waals surface area contributed by atoms with E-state index in [1.807, 2.05) is 18.2 Å². The Hall–Kier alpha value is -1.77. The average molecular weight is 434 g/mol. The van der Waals surface area contributed by atoms with Crippen LogP contribution in [0.3, 0.4) is 0 Å². The summed E-state index contributed by atoms with van der Waals surface area (Å²) < 4.78 is 5.93. The maximum absolute atomic E-state index is 13.4. The van der Waals surface area contributed by atoms with E-state index >= 15 is 0 Å². The van der Waals surface area contributed by atoms with E-state index in [-0.39, 0.29) is 30.3 Å². The first kappa shape index (κ1) is 17.3. The number of fused-ring (bicyclic) bond motifs is 7. The van der Waals surface area contributed by atoms with Gasteiger partial charge in [0.05, 0.1) is 25.0 Å². The molecular formula is C19H20BrN3O4. The third-order valence-corrected chi connectivity index (χ3v) is 7.06. The maximum Gasteiger partial charge on any atom is 0.250 e. The molecule has 142 valence electrons. The number of methoxy groups -OCH3 is 1. The van der Waals surface area contributed by atoms with Crippen LogP contribution >= 0.6 is 15.9 Å². The third kappa shape index (κ3) is 2.01. The predicted octanol–water partition coefficient (Wildman–Crippen LogP) is 1.32. The zero-order chi connectivity index (χ0) is 18.9. The Kier molecular flexibility index (Phi) is 3.76. The number of carbonyl (C=O) groups is 3. The molecule has 1 aromatic rings. The molecule has 4 aliphatic rings. The molecule has 4 heterocycles. The molecular weight excluding hydrogens is 414 g/mol. The number of nitrogens with one attached hydrogen (secondary N) is 1. The van der Waals surface area contributed by atoms with Crippen molar-refractivity contribution in [3.8, 4) is 0 Å². The summed E-state index contributed by atoms with van der Waals surface area (Å²) >= 11 is 3.50. The van der Waals surface area contributed by atoms with Crippen LogP contribution in [-0.2, 0) is 24.7 Å². The van der Waals surface area contributed by atoms with Crippen molar-refractivity contribution in [3.63, 3.8) is 0 Å². The Morgan fingerprint density at radius 2 is 2.11 bits per heavy atom. The molecule has 0 radical (unpaired) electrons. The van der Waals surface area contributed by atoms with Gasteiger partial charge in [0.15, 0.2) is 0 Å². The number of amides is 3. The lowest BCUT2D eigenvalue weighted by atomic mass is 9.75.